The highest BCUT2D eigenvalue weighted by Gasteiger charge is 2.32. The Morgan fingerprint density at radius 3 is 2.90 bits per heavy atom. The molecular formula is C17H19NO3. The van der Waals surface area contributed by atoms with E-state index in [0.717, 1.165) is 5.56 Å². The SMILES string of the molecule is C#CCC(C)(C)COC(=O)[C@H]1CC(=O)Nc2ccccc21. The molecule has 1 aliphatic heterocycles. The second kappa shape index (κ2) is 6.01. The number of terminal acetylenes is 1. The molecule has 0 unspecified atom stereocenters. The Bertz CT molecular complexity index is 598. The summed E-state index contributed by atoms with van der Waals surface area (Å²) in [5, 5.41) is 2.76. The molecule has 1 amide bonds. The van der Waals surface area contributed by atoms with Crippen molar-refractivity contribution in [1.82, 2.24) is 0 Å². The fourth-order valence-corrected chi connectivity index (χ4v) is 2.32. The molecule has 0 spiro atoms. The molecule has 0 bridgehead atoms. The van der Waals surface area contributed by atoms with Crippen LogP contribution in [0.3, 0.4) is 0 Å². The maximum atomic E-state index is 12.3. The maximum absolute atomic E-state index is 12.3. The topological polar surface area (TPSA) is 55.4 Å². The summed E-state index contributed by atoms with van der Waals surface area (Å²) < 4.78 is 5.39. The smallest absolute Gasteiger partial charge is 0.314 e. The third kappa shape index (κ3) is 3.63. The minimum atomic E-state index is -0.545. The van der Waals surface area contributed by atoms with Crippen molar-refractivity contribution in [1.29, 1.82) is 0 Å². The van der Waals surface area contributed by atoms with Crippen LogP contribution in [0.15, 0.2) is 24.3 Å². The number of carbonyl (C=O) groups is 2. The molecule has 21 heavy (non-hydrogen) atoms. The molecule has 0 radical (unpaired) electrons. The van der Waals surface area contributed by atoms with Crippen LogP contribution in [0.2, 0.25) is 0 Å². The van der Waals surface area contributed by atoms with Gasteiger partial charge < -0.3 is 10.1 Å². The van der Waals surface area contributed by atoms with Crippen molar-refractivity contribution < 1.29 is 14.3 Å². The summed E-state index contributed by atoms with van der Waals surface area (Å²) >= 11 is 0. The fourth-order valence-electron chi connectivity index (χ4n) is 2.32. The normalized spacial score (nSPS) is 17.4. The summed E-state index contributed by atoms with van der Waals surface area (Å²) in [6.45, 7) is 4.14. The molecule has 0 saturated heterocycles. The Labute approximate surface area is 124 Å². The van der Waals surface area contributed by atoms with Crippen LogP contribution in [0.4, 0.5) is 5.69 Å². The van der Waals surface area contributed by atoms with Gasteiger partial charge in [0.25, 0.3) is 0 Å². The number of benzene rings is 1. The van der Waals surface area contributed by atoms with E-state index in [1.807, 2.05) is 32.0 Å². The van der Waals surface area contributed by atoms with Crippen molar-refractivity contribution in [3.8, 4) is 12.3 Å². The molecule has 1 heterocycles. The lowest BCUT2D eigenvalue weighted by Crippen LogP contribution is -2.30. The molecule has 1 aliphatic rings. The first-order valence-corrected chi connectivity index (χ1v) is 6.92. The van der Waals surface area contributed by atoms with Gasteiger partial charge in [0.05, 0.1) is 12.5 Å². The van der Waals surface area contributed by atoms with Gasteiger partial charge in [-0.3, -0.25) is 9.59 Å². The number of para-hydroxylation sites is 1. The van der Waals surface area contributed by atoms with Gasteiger partial charge in [-0.25, -0.2) is 0 Å². The quantitative estimate of drug-likeness (QED) is 0.683. The largest absolute Gasteiger partial charge is 0.465 e. The van der Waals surface area contributed by atoms with Crippen molar-refractivity contribution in [2.24, 2.45) is 5.41 Å². The van der Waals surface area contributed by atoms with Crippen LogP contribution in [0.5, 0.6) is 0 Å². The predicted octanol–water partition coefficient (Wildman–Crippen LogP) is 2.71. The van der Waals surface area contributed by atoms with Gasteiger partial charge in [-0.05, 0) is 11.6 Å². The van der Waals surface area contributed by atoms with E-state index in [4.69, 9.17) is 11.2 Å². The second-order valence-electron chi connectivity index (χ2n) is 6.04. The van der Waals surface area contributed by atoms with Gasteiger partial charge in [-0.15, -0.1) is 12.3 Å². The van der Waals surface area contributed by atoms with Crippen molar-refractivity contribution in [2.45, 2.75) is 32.6 Å². The van der Waals surface area contributed by atoms with Crippen LogP contribution in [0.25, 0.3) is 0 Å². The predicted molar refractivity (Wildman–Crippen MR) is 80.6 cm³/mol. The van der Waals surface area contributed by atoms with Gasteiger partial charge >= 0.3 is 5.97 Å². The molecule has 0 fully saturated rings. The molecule has 4 nitrogen and oxygen atoms in total. The van der Waals surface area contributed by atoms with Gasteiger partial charge in [0.1, 0.15) is 0 Å². The van der Waals surface area contributed by atoms with Crippen LogP contribution >= 0.6 is 0 Å². The summed E-state index contributed by atoms with van der Waals surface area (Å²) in [5.74, 6) is 1.49. The van der Waals surface area contributed by atoms with Crippen LogP contribution in [0.1, 0.15) is 38.2 Å². The second-order valence-corrected chi connectivity index (χ2v) is 6.04. The Morgan fingerprint density at radius 1 is 1.48 bits per heavy atom. The average Bonchev–Trinajstić information content (AvgIpc) is 2.44. The van der Waals surface area contributed by atoms with E-state index in [2.05, 4.69) is 11.2 Å². The van der Waals surface area contributed by atoms with Crippen molar-refractivity contribution in [3.05, 3.63) is 29.8 Å². The van der Waals surface area contributed by atoms with Crippen LogP contribution in [0, 0.1) is 17.8 Å². The Morgan fingerprint density at radius 2 is 2.19 bits per heavy atom. The lowest BCUT2D eigenvalue weighted by atomic mass is 9.89. The van der Waals surface area contributed by atoms with E-state index in [-0.39, 0.29) is 30.3 Å². The maximum Gasteiger partial charge on any atom is 0.314 e. The number of esters is 1. The summed E-state index contributed by atoms with van der Waals surface area (Å²) in [5.41, 5.74) is 1.22. The summed E-state index contributed by atoms with van der Waals surface area (Å²) in [4.78, 5) is 24.0. The highest BCUT2D eigenvalue weighted by molar-refractivity contribution is 5.99. The van der Waals surface area contributed by atoms with E-state index in [1.54, 1.807) is 6.07 Å². The van der Waals surface area contributed by atoms with E-state index in [1.165, 1.54) is 0 Å². The molecule has 0 aromatic heterocycles. The summed E-state index contributed by atoms with van der Waals surface area (Å²) in [7, 11) is 0. The molecule has 4 heteroatoms. The number of carbonyl (C=O) groups excluding carboxylic acids is 2. The van der Waals surface area contributed by atoms with Gasteiger partial charge in [-0.1, -0.05) is 32.0 Å². The standard InChI is InChI=1S/C17H19NO3/c1-4-9-17(2,3)11-21-16(20)13-10-15(19)18-14-8-6-5-7-12(13)14/h1,5-8,13H,9-11H2,2-3H3,(H,18,19)/t13-/m0/s1. The lowest BCUT2D eigenvalue weighted by Gasteiger charge is -2.26. The zero-order valence-electron chi connectivity index (χ0n) is 12.3. The molecular weight excluding hydrogens is 266 g/mol. The molecule has 1 N–H and O–H groups in total. The van der Waals surface area contributed by atoms with E-state index >= 15 is 0 Å². The number of hydrogen-bond donors (Lipinski definition) is 1. The summed E-state index contributed by atoms with van der Waals surface area (Å²) in [6.07, 6.45) is 5.95. The van der Waals surface area contributed by atoms with Crippen molar-refractivity contribution in [3.63, 3.8) is 0 Å². The number of ether oxygens (including phenoxy) is 1. The number of anilines is 1. The first-order chi connectivity index (χ1) is 9.93. The lowest BCUT2D eigenvalue weighted by molar-refractivity contribution is -0.149. The Hall–Kier alpha value is -2.28. The van der Waals surface area contributed by atoms with Gasteiger partial charge in [0.2, 0.25) is 5.91 Å². The van der Waals surface area contributed by atoms with Gasteiger partial charge in [0, 0.05) is 23.9 Å². The highest BCUT2D eigenvalue weighted by Crippen LogP contribution is 2.33. The average molecular weight is 285 g/mol. The van der Waals surface area contributed by atoms with Crippen molar-refractivity contribution in [2.75, 3.05) is 11.9 Å². The highest BCUT2D eigenvalue weighted by atomic mass is 16.5. The third-order valence-corrected chi connectivity index (χ3v) is 3.47. The number of hydrogen-bond acceptors (Lipinski definition) is 3. The zero-order chi connectivity index (χ0) is 15.5. The van der Waals surface area contributed by atoms with E-state index < -0.39 is 5.92 Å². The number of rotatable bonds is 4. The minimum Gasteiger partial charge on any atom is -0.465 e. The Balaban J connectivity index is 2.10. The third-order valence-electron chi connectivity index (χ3n) is 3.47. The minimum absolute atomic E-state index is 0.116. The van der Waals surface area contributed by atoms with Crippen LogP contribution in [-0.4, -0.2) is 18.5 Å². The molecule has 1 aromatic rings. The number of nitrogens with one attached hydrogen (secondary N) is 1. The van der Waals surface area contributed by atoms with Gasteiger partial charge in [0.15, 0.2) is 0 Å². The zero-order valence-corrected chi connectivity index (χ0v) is 12.3. The monoisotopic (exact) mass is 285 g/mol. The van der Waals surface area contributed by atoms with Crippen LogP contribution < -0.4 is 5.32 Å². The molecule has 1 atom stereocenters. The molecule has 2 rings (SSSR count). The first-order valence-electron chi connectivity index (χ1n) is 6.92. The van der Waals surface area contributed by atoms with E-state index in [0.29, 0.717) is 12.1 Å². The van der Waals surface area contributed by atoms with E-state index in [9.17, 15) is 9.59 Å². The fraction of sp³-hybridized carbons (Fsp3) is 0.412. The molecule has 0 aliphatic carbocycles. The number of amides is 1. The van der Waals surface area contributed by atoms with Crippen molar-refractivity contribution >= 4 is 17.6 Å². The molecule has 0 saturated carbocycles. The first kappa shape index (κ1) is 15.1. The molecule has 1 aromatic carbocycles. The van der Waals surface area contributed by atoms with Crippen LogP contribution in [-0.2, 0) is 14.3 Å². The molecule has 110 valence electrons. The number of fused-ring (bicyclic) bond motifs is 1. The Kier molecular flexibility index (Phi) is 4.32. The summed E-state index contributed by atoms with van der Waals surface area (Å²) in [6, 6.07) is 7.30. The van der Waals surface area contributed by atoms with Gasteiger partial charge in [-0.2, -0.15) is 0 Å².